The molecule has 4 unspecified atom stereocenters. The van der Waals surface area contributed by atoms with E-state index in [2.05, 4.69) is 10.6 Å². The standard InChI is InChI=1S/C19H20FN3O4.ClH/c20-17-10-5-6-21-7-9(10)1-2-11(17)22-14(24)8-23-18(25)15-12-3-4-13(27-12)16(15)19(23)26;/h1-2,12-13,15-16,21H,3-8H2,(H,22,24);1H. The van der Waals surface area contributed by atoms with Gasteiger partial charge in [0, 0.05) is 6.54 Å². The van der Waals surface area contributed by atoms with Crippen LogP contribution in [0, 0.1) is 17.7 Å². The first kappa shape index (κ1) is 19.3. The molecule has 2 N–H and O–H groups in total. The van der Waals surface area contributed by atoms with E-state index in [1.807, 2.05) is 0 Å². The van der Waals surface area contributed by atoms with Gasteiger partial charge in [0.2, 0.25) is 17.7 Å². The molecule has 1 aromatic rings. The smallest absolute Gasteiger partial charge is 0.244 e. The Kier molecular flexibility index (Phi) is 4.89. The topological polar surface area (TPSA) is 87.7 Å². The van der Waals surface area contributed by atoms with Gasteiger partial charge in [0.25, 0.3) is 0 Å². The highest BCUT2D eigenvalue weighted by Crippen LogP contribution is 2.48. The number of hydrogen-bond donors (Lipinski definition) is 2. The van der Waals surface area contributed by atoms with E-state index in [0.717, 1.165) is 23.3 Å². The molecule has 3 fully saturated rings. The summed E-state index contributed by atoms with van der Waals surface area (Å²) in [6, 6.07) is 3.31. The zero-order valence-electron chi connectivity index (χ0n) is 15.1. The van der Waals surface area contributed by atoms with Crippen molar-refractivity contribution in [2.75, 3.05) is 18.4 Å². The molecule has 5 rings (SSSR count). The first-order valence-corrected chi connectivity index (χ1v) is 9.36. The van der Waals surface area contributed by atoms with Crippen molar-refractivity contribution < 1.29 is 23.5 Å². The van der Waals surface area contributed by atoms with Crippen molar-refractivity contribution in [2.24, 2.45) is 11.8 Å². The van der Waals surface area contributed by atoms with Gasteiger partial charge in [-0.2, -0.15) is 0 Å². The summed E-state index contributed by atoms with van der Waals surface area (Å²) in [5, 5.41) is 5.69. The molecule has 0 radical (unpaired) electrons. The van der Waals surface area contributed by atoms with Crippen LogP contribution in [0.1, 0.15) is 24.0 Å². The molecule has 0 saturated carbocycles. The van der Waals surface area contributed by atoms with Crippen LogP contribution in [0.25, 0.3) is 0 Å². The minimum atomic E-state index is -0.572. The fourth-order valence-corrected chi connectivity index (χ4v) is 4.89. The Labute approximate surface area is 167 Å². The van der Waals surface area contributed by atoms with Crippen molar-refractivity contribution in [2.45, 2.75) is 38.0 Å². The number of benzene rings is 1. The number of anilines is 1. The van der Waals surface area contributed by atoms with Gasteiger partial charge in [0.1, 0.15) is 12.4 Å². The number of imide groups is 1. The number of rotatable bonds is 3. The van der Waals surface area contributed by atoms with Crippen LogP contribution in [-0.2, 0) is 32.1 Å². The Balaban J connectivity index is 0.00000192. The highest BCUT2D eigenvalue weighted by Gasteiger charge is 2.62. The lowest BCUT2D eigenvalue weighted by Gasteiger charge is -2.20. The molecule has 28 heavy (non-hydrogen) atoms. The van der Waals surface area contributed by atoms with Crippen LogP contribution in [0.2, 0.25) is 0 Å². The van der Waals surface area contributed by atoms with E-state index in [9.17, 15) is 18.8 Å². The number of carbonyl (C=O) groups excluding carboxylic acids is 3. The Morgan fingerprint density at radius 1 is 1.21 bits per heavy atom. The second-order valence-corrected chi connectivity index (χ2v) is 7.64. The van der Waals surface area contributed by atoms with Gasteiger partial charge < -0.3 is 15.4 Å². The van der Waals surface area contributed by atoms with Gasteiger partial charge >= 0.3 is 0 Å². The lowest BCUT2D eigenvalue weighted by Crippen LogP contribution is -2.40. The molecule has 3 saturated heterocycles. The molecule has 0 aliphatic carbocycles. The molecule has 3 amide bonds. The molecule has 4 aliphatic rings. The van der Waals surface area contributed by atoms with Crippen LogP contribution < -0.4 is 10.6 Å². The summed E-state index contributed by atoms with van der Waals surface area (Å²) in [5.41, 5.74) is 1.57. The summed E-state index contributed by atoms with van der Waals surface area (Å²) in [5.74, 6) is -2.62. The van der Waals surface area contributed by atoms with Crippen LogP contribution in [0.4, 0.5) is 10.1 Å². The van der Waals surface area contributed by atoms with Gasteiger partial charge in [-0.3, -0.25) is 19.3 Å². The maximum absolute atomic E-state index is 14.7. The second kappa shape index (κ2) is 7.09. The number of amides is 3. The van der Waals surface area contributed by atoms with Crippen molar-refractivity contribution >= 4 is 35.8 Å². The number of fused-ring (bicyclic) bond motifs is 6. The lowest BCUT2D eigenvalue weighted by molar-refractivity contribution is -0.145. The van der Waals surface area contributed by atoms with E-state index in [0.29, 0.717) is 25.1 Å². The highest BCUT2D eigenvalue weighted by molar-refractivity contribution is 6.09. The molecule has 4 aliphatic heterocycles. The molecule has 1 aromatic carbocycles. The summed E-state index contributed by atoms with van der Waals surface area (Å²) in [6.45, 7) is 0.901. The Bertz CT molecular complexity index is 836. The lowest BCUT2D eigenvalue weighted by atomic mass is 9.81. The van der Waals surface area contributed by atoms with Crippen LogP contribution in [0.15, 0.2) is 12.1 Å². The number of carbonyl (C=O) groups is 3. The first-order chi connectivity index (χ1) is 13.0. The van der Waals surface area contributed by atoms with E-state index >= 15 is 0 Å². The highest BCUT2D eigenvalue weighted by atomic mass is 35.5. The van der Waals surface area contributed by atoms with Crippen molar-refractivity contribution in [3.8, 4) is 0 Å². The normalized spacial score (nSPS) is 30.1. The van der Waals surface area contributed by atoms with Crippen molar-refractivity contribution in [1.82, 2.24) is 10.2 Å². The molecule has 0 aromatic heterocycles. The van der Waals surface area contributed by atoms with Crippen LogP contribution in [0.5, 0.6) is 0 Å². The van der Waals surface area contributed by atoms with Crippen molar-refractivity contribution in [3.05, 3.63) is 29.1 Å². The molecule has 4 heterocycles. The molecule has 150 valence electrons. The number of nitrogens with one attached hydrogen (secondary N) is 2. The number of likely N-dealkylation sites (tertiary alicyclic amines) is 1. The van der Waals surface area contributed by atoms with Gasteiger partial charge in [-0.25, -0.2) is 4.39 Å². The molecular formula is C19H21ClFN3O4. The molecule has 0 spiro atoms. The predicted molar refractivity (Wildman–Crippen MR) is 99.3 cm³/mol. The molecule has 7 nitrogen and oxygen atoms in total. The van der Waals surface area contributed by atoms with E-state index in [1.54, 1.807) is 6.07 Å². The maximum Gasteiger partial charge on any atom is 0.244 e. The van der Waals surface area contributed by atoms with Crippen molar-refractivity contribution in [3.63, 3.8) is 0 Å². The van der Waals surface area contributed by atoms with Crippen LogP contribution in [0.3, 0.4) is 0 Å². The summed E-state index contributed by atoms with van der Waals surface area (Å²) in [7, 11) is 0. The van der Waals surface area contributed by atoms with Gasteiger partial charge in [0.15, 0.2) is 0 Å². The van der Waals surface area contributed by atoms with E-state index in [4.69, 9.17) is 4.74 Å². The molecular weight excluding hydrogens is 389 g/mol. The Morgan fingerprint density at radius 2 is 1.89 bits per heavy atom. The number of halogens is 2. The third-order valence-electron chi connectivity index (χ3n) is 6.16. The second-order valence-electron chi connectivity index (χ2n) is 7.64. The average Bonchev–Trinajstić information content (AvgIpc) is 3.34. The largest absolute Gasteiger partial charge is 0.373 e. The SMILES string of the molecule is Cl.O=C(CN1C(=O)C2C3CCC(O3)C2C1=O)Nc1ccc2c(c1F)CCNC2. The summed E-state index contributed by atoms with van der Waals surface area (Å²) in [6.07, 6.45) is 1.69. The number of hydrogen-bond acceptors (Lipinski definition) is 5. The zero-order valence-corrected chi connectivity index (χ0v) is 15.9. The molecule has 9 heteroatoms. The predicted octanol–water partition coefficient (Wildman–Crippen LogP) is 0.994. The summed E-state index contributed by atoms with van der Waals surface area (Å²) in [4.78, 5) is 38.6. The van der Waals surface area contributed by atoms with Gasteiger partial charge in [-0.05, 0) is 43.0 Å². The van der Waals surface area contributed by atoms with Gasteiger partial charge in [0.05, 0.1) is 29.7 Å². The number of nitrogens with zero attached hydrogens (tertiary/aromatic N) is 1. The van der Waals surface area contributed by atoms with E-state index in [1.165, 1.54) is 6.07 Å². The van der Waals surface area contributed by atoms with E-state index in [-0.39, 0.29) is 48.7 Å². The van der Waals surface area contributed by atoms with Crippen LogP contribution >= 0.6 is 12.4 Å². The average molecular weight is 410 g/mol. The molecule has 2 bridgehead atoms. The Hall–Kier alpha value is -2.03. The monoisotopic (exact) mass is 409 g/mol. The maximum atomic E-state index is 14.7. The minimum Gasteiger partial charge on any atom is -0.373 e. The molecule has 4 atom stereocenters. The Morgan fingerprint density at radius 3 is 2.57 bits per heavy atom. The van der Waals surface area contributed by atoms with Gasteiger partial charge in [-0.1, -0.05) is 6.07 Å². The third-order valence-corrected chi connectivity index (χ3v) is 6.16. The summed E-state index contributed by atoms with van der Waals surface area (Å²) >= 11 is 0. The zero-order chi connectivity index (χ0) is 18.7. The van der Waals surface area contributed by atoms with Gasteiger partial charge in [-0.15, -0.1) is 12.4 Å². The number of ether oxygens (including phenoxy) is 1. The third kappa shape index (κ3) is 2.82. The minimum absolute atomic E-state index is 0. The first-order valence-electron chi connectivity index (χ1n) is 9.36. The fourth-order valence-electron chi connectivity index (χ4n) is 4.89. The van der Waals surface area contributed by atoms with Crippen LogP contribution in [-0.4, -0.2) is 47.9 Å². The van der Waals surface area contributed by atoms with E-state index < -0.39 is 23.6 Å². The fraction of sp³-hybridized carbons (Fsp3) is 0.526. The summed E-state index contributed by atoms with van der Waals surface area (Å²) < 4.78 is 20.3. The quantitative estimate of drug-likeness (QED) is 0.727. The van der Waals surface area contributed by atoms with Crippen molar-refractivity contribution in [1.29, 1.82) is 0 Å².